The van der Waals surface area contributed by atoms with Crippen LogP contribution in [0.1, 0.15) is 17.4 Å². The highest BCUT2D eigenvalue weighted by Gasteiger charge is 2.22. The van der Waals surface area contributed by atoms with Crippen LogP contribution < -0.4 is 0 Å². The van der Waals surface area contributed by atoms with E-state index in [-0.39, 0.29) is 0 Å². The van der Waals surface area contributed by atoms with E-state index in [4.69, 9.17) is 0 Å². The summed E-state index contributed by atoms with van der Waals surface area (Å²) < 4.78 is 26.7. The van der Waals surface area contributed by atoms with Gasteiger partial charge in [0.15, 0.2) is 0 Å². The smallest absolute Gasteiger partial charge is 0.252 e. The first-order chi connectivity index (χ1) is 9.54. The Morgan fingerprint density at radius 3 is 2.50 bits per heavy atom. The molecule has 0 spiro atoms. The largest absolute Gasteiger partial charge is 0.265 e. The predicted molar refractivity (Wildman–Crippen MR) is 81.5 cm³/mol. The lowest BCUT2D eigenvalue weighted by molar-refractivity contribution is 0.474. The molecule has 0 unspecified atom stereocenters. The molecule has 6 heteroatoms. The van der Waals surface area contributed by atoms with Crippen LogP contribution in [0.25, 0.3) is 0 Å². The molecular formula is C14H18N2O2S2. The fraction of sp³-hybridized carbons (Fsp3) is 0.357. The minimum atomic E-state index is -3.36. The van der Waals surface area contributed by atoms with E-state index in [1.54, 1.807) is 25.5 Å². The van der Waals surface area contributed by atoms with Gasteiger partial charge in [-0.25, -0.2) is 8.42 Å². The number of thiophene rings is 1. The molecule has 0 saturated carbocycles. The van der Waals surface area contributed by atoms with Gasteiger partial charge in [0.05, 0.1) is 0 Å². The van der Waals surface area contributed by atoms with E-state index in [2.05, 4.69) is 4.98 Å². The van der Waals surface area contributed by atoms with Crippen LogP contribution in [0, 0.1) is 0 Å². The van der Waals surface area contributed by atoms with Gasteiger partial charge < -0.3 is 0 Å². The number of aromatic nitrogens is 1. The lowest BCUT2D eigenvalue weighted by Crippen LogP contribution is -2.28. The third-order valence-electron chi connectivity index (χ3n) is 3.11. The van der Waals surface area contributed by atoms with Crippen molar-refractivity contribution in [2.75, 3.05) is 13.6 Å². The van der Waals surface area contributed by atoms with Crippen LogP contribution >= 0.6 is 11.3 Å². The van der Waals surface area contributed by atoms with E-state index in [1.807, 2.05) is 25.1 Å². The fourth-order valence-electron chi connectivity index (χ4n) is 1.80. The zero-order chi connectivity index (χ0) is 14.6. The van der Waals surface area contributed by atoms with Crippen LogP contribution in [0.5, 0.6) is 0 Å². The van der Waals surface area contributed by atoms with Gasteiger partial charge in [0, 0.05) is 30.9 Å². The zero-order valence-corrected chi connectivity index (χ0v) is 13.2. The number of nitrogens with zero attached hydrogens (tertiary/aromatic N) is 2. The van der Waals surface area contributed by atoms with Gasteiger partial charge in [-0.15, -0.1) is 11.3 Å². The molecule has 20 heavy (non-hydrogen) atoms. The Labute approximate surface area is 124 Å². The number of pyridine rings is 1. The lowest BCUT2D eigenvalue weighted by Gasteiger charge is -2.15. The van der Waals surface area contributed by atoms with Crippen molar-refractivity contribution in [1.29, 1.82) is 0 Å². The van der Waals surface area contributed by atoms with E-state index in [0.717, 1.165) is 16.9 Å². The van der Waals surface area contributed by atoms with Gasteiger partial charge in [-0.2, -0.15) is 4.31 Å². The van der Waals surface area contributed by atoms with Crippen LogP contribution in [-0.2, 0) is 22.9 Å². The predicted octanol–water partition coefficient (Wildman–Crippen LogP) is 2.57. The first-order valence-corrected chi connectivity index (χ1v) is 8.73. The van der Waals surface area contributed by atoms with Gasteiger partial charge >= 0.3 is 0 Å². The van der Waals surface area contributed by atoms with Crippen LogP contribution in [0.3, 0.4) is 0 Å². The van der Waals surface area contributed by atoms with Gasteiger partial charge in [-0.05, 0) is 42.7 Å². The fourth-order valence-corrected chi connectivity index (χ4v) is 4.47. The summed E-state index contributed by atoms with van der Waals surface area (Å²) in [7, 11) is -1.74. The average molecular weight is 310 g/mol. The van der Waals surface area contributed by atoms with Gasteiger partial charge in [0.25, 0.3) is 10.0 Å². The van der Waals surface area contributed by atoms with Gasteiger partial charge in [0.1, 0.15) is 4.21 Å². The van der Waals surface area contributed by atoms with Gasteiger partial charge in [0.2, 0.25) is 0 Å². The first kappa shape index (κ1) is 15.2. The van der Waals surface area contributed by atoms with E-state index in [0.29, 0.717) is 17.2 Å². The third-order valence-corrected chi connectivity index (χ3v) is 6.67. The summed E-state index contributed by atoms with van der Waals surface area (Å²) in [6.07, 6.45) is 4.98. The molecular weight excluding hydrogens is 292 g/mol. The highest BCUT2D eigenvalue weighted by Crippen LogP contribution is 2.24. The lowest BCUT2D eigenvalue weighted by atomic mass is 10.2. The highest BCUT2D eigenvalue weighted by molar-refractivity contribution is 7.91. The van der Waals surface area contributed by atoms with Crippen LogP contribution in [0.15, 0.2) is 40.9 Å². The summed E-state index contributed by atoms with van der Waals surface area (Å²) in [6.45, 7) is 2.49. The van der Waals surface area contributed by atoms with Crippen molar-refractivity contribution in [3.63, 3.8) is 0 Å². The monoisotopic (exact) mass is 310 g/mol. The molecule has 108 valence electrons. The van der Waals surface area contributed by atoms with Crippen LogP contribution in [0.2, 0.25) is 0 Å². The van der Waals surface area contributed by atoms with Crippen molar-refractivity contribution in [2.45, 2.75) is 24.0 Å². The molecule has 0 saturated heterocycles. The Morgan fingerprint density at radius 2 is 1.90 bits per heavy atom. The maximum absolute atomic E-state index is 12.4. The number of sulfonamides is 1. The molecule has 2 heterocycles. The van der Waals surface area contributed by atoms with E-state index < -0.39 is 10.0 Å². The molecule has 2 aromatic rings. The molecule has 0 aliphatic heterocycles. The Balaban J connectivity index is 2.05. The average Bonchev–Trinajstić information content (AvgIpc) is 2.95. The number of aryl methyl sites for hydroxylation is 1. The van der Waals surface area contributed by atoms with E-state index >= 15 is 0 Å². The van der Waals surface area contributed by atoms with Crippen molar-refractivity contribution in [3.05, 3.63) is 47.1 Å². The molecule has 0 fully saturated rings. The standard InChI is InChI=1S/C14H18N2O2S2/c1-3-13-4-5-14(19-13)20(17,18)16(2)11-8-12-6-9-15-10-7-12/h4-7,9-10H,3,8,11H2,1-2H3. The molecule has 0 aliphatic rings. The van der Waals surface area contributed by atoms with Gasteiger partial charge in [-0.3, -0.25) is 4.98 Å². The first-order valence-electron chi connectivity index (χ1n) is 6.48. The summed E-state index contributed by atoms with van der Waals surface area (Å²) in [5.74, 6) is 0. The molecule has 4 nitrogen and oxygen atoms in total. The van der Waals surface area contributed by atoms with Crippen molar-refractivity contribution >= 4 is 21.4 Å². The molecule has 0 N–H and O–H groups in total. The van der Waals surface area contributed by atoms with Crippen molar-refractivity contribution < 1.29 is 8.42 Å². The van der Waals surface area contributed by atoms with E-state index in [9.17, 15) is 8.42 Å². The molecule has 0 aliphatic carbocycles. The summed E-state index contributed by atoms with van der Waals surface area (Å²) in [5.41, 5.74) is 1.09. The topological polar surface area (TPSA) is 50.3 Å². The normalized spacial score (nSPS) is 11.9. The summed E-state index contributed by atoms with van der Waals surface area (Å²) in [5, 5.41) is 0. The maximum atomic E-state index is 12.4. The number of likely N-dealkylation sites (N-methyl/N-ethyl adjacent to an activating group) is 1. The third kappa shape index (κ3) is 3.45. The molecule has 2 rings (SSSR count). The highest BCUT2D eigenvalue weighted by atomic mass is 32.2. The molecule has 2 aromatic heterocycles. The van der Waals surface area contributed by atoms with E-state index in [1.165, 1.54) is 15.6 Å². The zero-order valence-electron chi connectivity index (χ0n) is 11.6. The van der Waals surface area contributed by atoms with Gasteiger partial charge in [-0.1, -0.05) is 6.92 Å². The molecule has 0 bridgehead atoms. The minimum Gasteiger partial charge on any atom is -0.265 e. The molecule has 0 radical (unpaired) electrons. The second-order valence-corrected chi connectivity index (χ2v) is 7.95. The summed E-state index contributed by atoms with van der Waals surface area (Å²) in [4.78, 5) is 5.04. The summed E-state index contributed by atoms with van der Waals surface area (Å²) >= 11 is 1.35. The number of hydrogen-bond donors (Lipinski definition) is 0. The summed E-state index contributed by atoms with van der Waals surface area (Å²) in [6, 6.07) is 7.39. The molecule has 0 aromatic carbocycles. The number of hydrogen-bond acceptors (Lipinski definition) is 4. The second kappa shape index (κ2) is 6.47. The SMILES string of the molecule is CCc1ccc(S(=O)(=O)N(C)CCc2ccncc2)s1. The molecule has 0 amide bonds. The maximum Gasteiger partial charge on any atom is 0.252 e. The Hall–Kier alpha value is -1.24. The number of rotatable bonds is 6. The quantitative estimate of drug-likeness (QED) is 0.824. The van der Waals surface area contributed by atoms with Crippen LogP contribution in [0.4, 0.5) is 0 Å². The Morgan fingerprint density at radius 1 is 1.20 bits per heavy atom. The van der Waals surface area contributed by atoms with Crippen molar-refractivity contribution in [2.24, 2.45) is 0 Å². The van der Waals surface area contributed by atoms with Crippen molar-refractivity contribution in [1.82, 2.24) is 9.29 Å². The van der Waals surface area contributed by atoms with Crippen LogP contribution in [-0.4, -0.2) is 31.3 Å². The second-order valence-electron chi connectivity index (χ2n) is 4.51. The Bertz CT molecular complexity index is 651. The van der Waals surface area contributed by atoms with Crippen molar-refractivity contribution in [3.8, 4) is 0 Å². The molecule has 0 atom stereocenters. The minimum absolute atomic E-state index is 0.423. The Kier molecular flexibility index (Phi) is 4.91.